The molecule has 0 atom stereocenters. The number of aromatic amines is 1. The molecular weight excluding hydrogens is 254 g/mol. The summed E-state index contributed by atoms with van der Waals surface area (Å²) in [5.74, 6) is -1.04. The van der Waals surface area contributed by atoms with Gasteiger partial charge in [-0.05, 0) is 11.6 Å². The number of hydrogen-bond acceptors (Lipinski definition) is 2. The van der Waals surface area contributed by atoms with Crippen LogP contribution in [0, 0.1) is 0 Å². The maximum absolute atomic E-state index is 11.4. The largest absolute Gasteiger partial charge is 0.477 e. The highest BCUT2D eigenvalue weighted by Gasteiger charge is 2.19. The highest BCUT2D eigenvalue weighted by molar-refractivity contribution is 6.09. The van der Waals surface area contributed by atoms with E-state index in [2.05, 4.69) is 4.98 Å². The third-order valence-electron chi connectivity index (χ3n) is 3.28. The van der Waals surface area contributed by atoms with Gasteiger partial charge in [0, 0.05) is 22.0 Å². The zero-order valence-corrected chi connectivity index (χ0v) is 10.5. The van der Waals surface area contributed by atoms with Crippen molar-refractivity contribution in [3.8, 4) is 11.1 Å². The Labute approximate surface area is 114 Å². The van der Waals surface area contributed by atoms with Gasteiger partial charge in [-0.1, -0.05) is 42.5 Å². The zero-order valence-electron chi connectivity index (χ0n) is 10.5. The van der Waals surface area contributed by atoms with E-state index < -0.39 is 5.97 Å². The van der Waals surface area contributed by atoms with Crippen LogP contribution in [0.1, 0.15) is 20.8 Å². The lowest BCUT2D eigenvalue weighted by Crippen LogP contribution is -2.00. The molecule has 0 saturated heterocycles. The highest BCUT2D eigenvalue weighted by atomic mass is 16.4. The number of para-hydroxylation sites is 1. The van der Waals surface area contributed by atoms with E-state index in [4.69, 9.17) is 0 Å². The summed E-state index contributed by atoms with van der Waals surface area (Å²) >= 11 is 0. The molecular formula is C16H11NO3. The van der Waals surface area contributed by atoms with Crippen LogP contribution in [-0.2, 0) is 0 Å². The van der Waals surface area contributed by atoms with Gasteiger partial charge in [-0.2, -0.15) is 0 Å². The molecule has 0 bridgehead atoms. The minimum Gasteiger partial charge on any atom is -0.477 e. The second-order valence-corrected chi connectivity index (χ2v) is 4.43. The number of carbonyl (C=O) groups is 2. The Morgan fingerprint density at radius 1 is 1.05 bits per heavy atom. The van der Waals surface area contributed by atoms with Crippen molar-refractivity contribution >= 4 is 23.2 Å². The Balaban J connectivity index is 2.42. The molecule has 1 aromatic heterocycles. The van der Waals surface area contributed by atoms with E-state index in [1.807, 2.05) is 24.3 Å². The Morgan fingerprint density at radius 2 is 1.75 bits per heavy atom. The fourth-order valence-corrected chi connectivity index (χ4v) is 2.41. The minimum atomic E-state index is -1.04. The van der Waals surface area contributed by atoms with Crippen molar-refractivity contribution < 1.29 is 14.7 Å². The number of carboxylic acid groups (broad SMARTS) is 1. The number of aldehydes is 1. The summed E-state index contributed by atoms with van der Waals surface area (Å²) in [6, 6.07) is 14.3. The van der Waals surface area contributed by atoms with Crippen LogP contribution in [0.2, 0.25) is 0 Å². The number of benzene rings is 2. The molecule has 3 rings (SSSR count). The number of aromatic nitrogens is 1. The lowest BCUT2D eigenvalue weighted by molar-refractivity contribution is 0.0692. The summed E-state index contributed by atoms with van der Waals surface area (Å²) in [6.45, 7) is 0. The highest BCUT2D eigenvalue weighted by Crippen LogP contribution is 2.34. The van der Waals surface area contributed by atoms with Crippen molar-refractivity contribution in [3.63, 3.8) is 0 Å². The average Bonchev–Trinajstić information content (AvgIpc) is 2.86. The van der Waals surface area contributed by atoms with Crippen molar-refractivity contribution in [3.05, 3.63) is 59.8 Å². The monoisotopic (exact) mass is 265 g/mol. The van der Waals surface area contributed by atoms with E-state index >= 15 is 0 Å². The van der Waals surface area contributed by atoms with Crippen molar-refractivity contribution in [2.24, 2.45) is 0 Å². The third kappa shape index (κ3) is 1.78. The molecule has 0 spiro atoms. The van der Waals surface area contributed by atoms with E-state index in [-0.39, 0.29) is 5.69 Å². The van der Waals surface area contributed by atoms with Gasteiger partial charge in [0.05, 0.1) is 0 Å². The van der Waals surface area contributed by atoms with Gasteiger partial charge < -0.3 is 10.1 Å². The van der Waals surface area contributed by atoms with Gasteiger partial charge in [0.25, 0.3) is 0 Å². The number of fused-ring (bicyclic) bond motifs is 1. The molecule has 4 heteroatoms. The molecule has 2 aromatic carbocycles. The molecule has 20 heavy (non-hydrogen) atoms. The molecule has 0 saturated carbocycles. The molecule has 0 unspecified atom stereocenters. The summed E-state index contributed by atoms with van der Waals surface area (Å²) in [6.07, 6.45) is 0.739. The number of aromatic carboxylic acids is 1. The standard InChI is InChI=1S/C16H11NO3/c18-9-10-5-1-2-6-11(10)14-12-7-3-4-8-13(12)17-15(14)16(19)20/h1-9,17H,(H,19,20). The number of carboxylic acids is 1. The Hall–Kier alpha value is -2.88. The summed E-state index contributed by atoms with van der Waals surface area (Å²) in [4.78, 5) is 25.5. The van der Waals surface area contributed by atoms with E-state index in [1.165, 1.54) is 0 Å². The van der Waals surface area contributed by atoms with Gasteiger partial charge in [0.1, 0.15) is 5.69 Å². The molecule has 0 fully saturated rings. The lowest BCUT2D eigenvalue weighted by Gasteiger charge is -2.05. The van der Waals surface area contributed by atoms with E-state index in [9.17, 15) is 14.7 Å². The molecule has 0 radical (unpaired) electrons. The van der Waals surface area contributed by atoms with Crippen LogP contribution in [0.4, 0.5) is 0 Å². The van der Waals surface area contributed by atoms with Crippen LogP contribution < -0.4 is 0 Å². The molecule has 98 valence electrons. The lowest BCUT2D eigenvalue weighted by atomic mass is 9.97. The van der Waals surface area contributed by atoms with Crippen LogP contribution in [0.25, 0.3) is 22.0 Å². The quantitative estimate of drug-likeness (QED) is 0.713. The normalized spacial score (nSPS) is 10.6. The van der Waals surface area contributed by atoms with Crippen LogP contribution in [-0.4, -0.2) is 22.3 Å². The molecule has 1 heterocycles. The molecule has 2 N–H and O–H groups in total. The number of nitrogens with one attached hydrogen (secondary N) is 1. The van der Waals surface area contributed by atoms with Gasteiger partial charge in [-0.15, -0.1) is 0 Å². The Morgan fingerprint density at radius 3 is 2.50 bits per heavy atom. The van der Waals surface area contributed by atoms with E-state index in [0.717, 1.165) is 17.2 Å². The van der Waals surface area contributed by atoms with Crippen molar-refractivity contribution in [1.82, 2.24) is 4.98 Å². The fraction of sp³-hybridized carbons (Fsp3) is 0. The minimum absolute atomic E-state index is 0.0977. The van der Waals surface area contributed by atoms with Gasteiger partial charge in [-0.25, -0.2) is 4.79 Å². The Bertz CT molecular complexity index is 817. The predicted octanol–water partition coefficient (Wildman–Crippen LogP) is 3.35. The zero-order chi connectivity index (χ0) is 14.1. The van der Waals surface area contributed by atoms with Crippen LogP contribution in [0.15, 0.2) is 48.5 Å². The van der Waals surface area contributed by atoms with Crippen LogP contribution >= 0.6 is 0 Å². The molecule has 3 aromatic rings. The van der Waals surface area contributed by atoms with Gasteiger partial charge >= 0.3 is 5.97 Å². The smallest absolute Gasteiger partial charge is 0.352 e. The number of rotatable bonds is 3. The topological polar surface area (TPSA) is 70.2 Å². The molecule has 0 aliphatic rings. The molecule has 0 aliphatic carbocycles. The predicted molar refractivity (Wildman–Crippen MR) is 76.1 cm³/mol. The first-order valence-corrected chi connectivity index (χ1v) is 6.11. The second kappa shape index (κ2) is 4.66. The number of carbonyl (C=O) groups excluding carboxylic acids is 1. The number of H-pyrrole nitrogens is 1. The maximum atomic E-state index is 11.4. The molecule has 0 aliphatic heterocycles. The maximum Gasteiger partial charge on any atom is 0.352 e. The van der Waals surface area contributed by atoms with Crippen molar-refractivity contribution in [2.75, 3.05) is 0 Å². The van der Waals surface area contributed by atoms with E-state index in [0.29, 0.717) is 16.7 Å². The third-order valence-corrected chi connectivity index (χ3v) is 3.28. The first kappa shape index (κ1) is 12.2. The van der Waals surface area contributed by atoms with Crippen molar-refractivity contribution in [2.45, 2.75) is 0 Å². The van der Waals surface area contributed by atoms with Gasteiger partial charge in [0.15, 0.2) is 6.29 Å². The fourth-order valence-electron chi connectivity index (χ4n) is 2.41. The van der Waals surface area contributed by atoms with E-state index in [1.54, 1.807) is 24.3 Å². The van der Waals surface area contributed by atoms with Crippen LogP contribution in [0.3, 0.4) is 0 Å². The first-order chi connectivity index (χ1) is 9.72. The SMILES string of the molecule is O=Cc1ccccc1-c1c(C(=O)O)[nH]c2ccccc12. The molecule has 0 amide bonds. The number of hydrogen-bond donors (Lipinski definition) is 2. The second-order valence-electron chi connectivity index (χ2n) is 4.43. The van der Waals surface area contributed by atoms with Gasteiger partial charge in [-0.3, -0.25) is 4.79 Å². The molecule has 4 nitrogen and oxygen atoms in total. The summed E-state index contributed by atoms with van der Waals surface area (Å²) in [5, 5.41) is 10.2. The summed E-state index contributed by atoms with van der Waals surface area (Å²) in [5.41, 5.74) is 2.48. The average molecular weight is 265 g/mol. The summed E-state index contributed by atoms with van der Waals surface area (Å²) < 4.78 is 0. The Kier molecular flexibility index (Phi) is 2.84. The van der Waals surface area contributed by atoms with Crippen molar-refractivity contribution in [1.29, 1.82) is 0 Å². The van der Waals surface area contributed by atoms with Gasteiger partial charge in [0.2, 0.25) is 0 Å². The van der Waals surface area contributed by atoms with Crippen LogP contribution in [0.5, 0.6) is 0 Å². The summed E-state index contributed by atoms with van der Waals surface area (Å²) in [7, 11) is 0. The first-order valence-electron chi connectivity index (χ1n) is 6.11.